The Bertz CT molecular complexity index is 712. The highest BCUT2D eigenvalue weighted by molar-refractivity contribution is 6.05. The number of piperazine rings is 1. The van der Waals surface area contributed by atoms with Gasteiger partial charge in [0.1, 0.15) is 0 Å². The van der Waals surface area contributed by atoms with Gasteiger partial charge >= 0.3 is 0 Å². The van der Waals surface area contributed by atoms with Crippen molar-refractivity contribution >= 4 is 17.7 Å². The third-order valence-corrected chi connectivity index (χ3v) is 5.62. The largest absolute Gasteiger partial charge is 0.336 e. The average molecular weight is 353 g/mol. The van der Waals surface area contributed by atoms with Gasteiger partial charge in [0.2, 0.25) is 11.8 Å². The van der Waals surface area contributed by atoms with Crippen LogP contribution in [0.4, 0.5) is 0 Å². The summed E-state index contributed by atoms with van der Waals surface area (Å²) in [5.41, 5.74) is 0.697. The Kier molecular flexibility index (Phi) is 4.59. The minimum atomic E-state index is -0.173. The van der Waals surface area contributed by atoms with Gasteiger partial charge in [0.05, 0.1) is 18.5 Å². The molecule has 26 heavy (non-hydrogen) atoms. The van der Waals surface area contributed by atoms with Gasteiger partial charge in [-0.2, -0.15) is 0 Å². The second-order valence-corrected chi connectivity index (χ2v) is 7.18. The molecular weight excluding hydrogens is 330 g/mol. The van der Waals surface area contributed by atoms with Crippen LogP contribution in [0.1, 0.15) is 23.2 Å². The number of imide groups is 1. The fraction of sp³-hybridized carbons (Fsp3) is 0.450. The summed E-state index contributed by atoms with van der Waals surface area (Å²) in [4.78, 5) is 43.0. The zero-order valence-corrected chi connectivity index (χ0v) is 14.7. The van der Waals surface area contributed by atoms with Gasteiger partial charge < -0.3 is 4.90 Å². The number of rotatable bonds is 3. The van der Waals surface area contributed by atoms with Crippen molar-refractivity contribution in [2.24, 2.45) is 11.8 Å². The van der Waals surface area contributed by atoms with E-state index in [-0.39, 0.29) is 29.6 Å². The lowest BCUT2D eigenvalue weighted by Gasteiger charge is -2.36. The van der Waals surface area contributed by atoms with Crippen molar-refractivity contribution in [3.05, 3.63) is 48.0 Å². The summed E-state index contributed by atoms with van der Waals surface area (Å²) < 4.78 is 0. The molecule has 6 nitrogen and oxygen atoms in total. The summed E-state index contributed by atoms with van der Waals surface area (Å²) in [6.45, 7) is 2.90. The van der Waals surface area contributed by atoms with E-state index in [4.69, 9.17) is 0 Å². The summed E-state index contributed by atoms with van der Waals surface area (Å²) in [6, 6.07) is 9.27. The van der Waals surface area contributed by atoms with Crippen LogP contribution < -0.4 is 0 Å². The van der Waals surface area contributed by atoms with Crippen molar-refractivity contribution < 1.29 is 14.4 Å². The Balaban J connectivity index is 1.34. The predicted octanol–water partition coefficient (Wildman–Crippen LogP) is 1.35. The number of nitrogens with zero attached hydrogens (tertiary/aromatic N) is 3. The number of fused-ring (bicyclic) bond motifs is 1. The molecule has 3 aliphatic rings. The Morgan fingerprint density at radius 3 is 2.04 bits per heavy atom. The molecule has 2 aliphatic heterocycles. The molecule has 2 fully saturated rings. The molecule has 0 saturated carbocycles. The molecule has 0 bridgehead atoms. The van der Waals surface area contributed by atoms with Crippen molar-refractivity contribution in [2.75, 3.05) is 32.8 Å². The van der Waals surface area contributed by atoms with E-state index in [2.05, 4.69) is 4.90 Å². The number of likely N-dealkylation sites (tertiary alicyclic amines) is 1. The number of carbonyl (C=O) groups excluding carboxylic acids is 3. The molecule has 1 aromatic rings. The fourth-order valence-electron chi connectivity index (χ4n) is 4.06. The average Bonchev–Trinajstić information content (AvgIpc) is 2.94. The molecule has 0 unspecified atom stereocenters. The first-order valence-electron chi connectivity index (χ1n) is 9.22. The lowest BCUT2D eigenvalue weighted by atomic mass is 9.85. The molecule has 0 N–H and O–H groups in total. The molecule has 136 valence electrons. The zero-order valence-electron chi connectivity index (χ0n) is 14.7. The van der Waals surface area contributed by atoms with Crippen LogP contribution in [-0.4, -0.2) is 65.3 Å². The number of hydrogen-bond donors (Lipinski definition) is 0. The van der Waals surface area contributed by atoms with Crippen LogP contribution in [-0.2, 0) is 9.59 Å². The minimum absolute atomic E-state index is 0.0351. The highest BCUT2D eigenvalue weighted by Gasteiger charge is 2.47. The van der Waals surface area contributed by atoms with Gasteiger partial charge in [-0.15, -0.1) is 0 Å². The van der Waals surface area contributed by atoms with Crippen LogP contribution in [0.5, 0.6) is 0 Å². The lowest BCUT2D eigenvalue weighted by molar-refractivity contribution is -0.142. The molecule has 2 heterocycles. The molecular formula is C20H23N3O3. The molecule has 6 heteroatoms. The van der Waals surface area contributed by atoms with Crippen molar-refractivity contribution in [3.63, 3.8) is 0 Å². The zero-order chi connectivity index (χ0) is 18.1. The lowest BCUT2D eigenvalue weighted by Crippen LogP contribution is -2.52. The van der Waals surface area contributed by atoms with Gasteiger partial charge in [0.25, 0.3) is 5.91 Å². The van der Waals surface area contributed by atoms with Gasteiger partial charge in [-0.05, 0) is 25.0 Å². The van der Waals surface area contributed by atoms with Crippen LogP contribution in [0.2, 0.25) is 0 Å². The maximum absolute atomic E-state index is 12.6. The Morgan fingerprint density at radius 1 is 0.885 bits per heavy atom. The van der Waals surface area contributed by atoms with E-state index in [1.807, 2.05) is 47.4 Å². The third-order valence-electron chi connectivity index (χ3n) is 5.62. The van der Waals surface area contributed by atoms with Gasteiger partial charge in [0, 0.05) is 31.7 Å². The summed E-state index contributed by atoms with van der Waals surface area (Å²) in [6.07, 6.45) is 5.35. The van der Waals surface area contributed by atoms with Crippen molar-refractivity contribution in [2.45, 2.75) is 12.8 Å². The molecule has 1 aliphatic carbocycles. The van der Waals surface area contributed by atoms with Crippen molar-refractivity contribution in [1.82, 2.24) is 14.7 Å². The number of benzene rings is 1. The molecule has 0 spiro atoms. The van der Waals surface area contributed by atoms with E-state index in [1.165, 1.54) is 4.90 Å². The molecule has 4 rings (SSSR count). The second-order valence-electron chi connectivity index (χ2n) is 7.18. The molecule has 0 radical (unpaired) electrons. The predicted molar refractivity (Wildman–Crippen MR) is 96.0 cm³/mol. The Labute approximate surface area is 153 Å². The smallest absolute Gasteiger partial charge is 0.253 e. The van der Waals surface area contributed by atoms with Crippen LogP contribution in [0.15, 0.2) is 42.5 Å². The van der Waals surface area contributed by atoms with Crippen LogP contribution in [0.3, 0.4) is 0 Å². The van der Waals surface area contributed by atoms with Crippen molar-refractivity contribution in [3.8, 4) is 0 Å². The summed E-state index contributed by atoms with van der Waals surface area (Å²) in [7, 11) is 0. The Hall–Kier alpha value is -2.47. The quantitative estimate of drug-likeness (QED) is 0.608. The molecule has 2 saturated heterocycles. The SMILES string of the molecule is O=C(c1ccccc1)N1CCN(CN2C(=O)[C@@H]3CC=CC[C@H]3C2=O)CC1. The van der Waals surface area contributed by atoms with E-state index in [0.29, 0.717) is 51.3 Å². The maximum Gasteiger partial charge on any atom is 0.253 e. The number of amides is 3. The van der Waals surface area contributed by atoms with Gasteiger partial charge in [0.15, 0.2) is 0 Å². The number of allylic oxidation sites excluding steroid dienone is 2. The van der Waals surface area contributed by atoms with E-state index < -0.39 is 0 Å². The second kappa shape index (κ2) is 7.03. The molecule has 3 amide bonds. The minimum Gasteiger partial charge on any atom is -0.336 e. The summed E-state index contributed by atoms with van der Waals surface area (Å²) in [5, 5.41) is 0. The maximum atomic E-state index is 12.6. The topological polar surface area (TPSA) is 60.9 Å². The monoisotopic (exact) mass is 353 g/mol. The first kappa shape index (κ1) is 17.0. The van der Waals surface area contributed by atoms with Gasteiger partial charge in [-0.25, -0.2) is 0 Å². The van der Waals surface area contributed by atoms with Crippen molar-refractivity contribution in [1.29, 1.82) is 0 Å². The van der Waals surface area contributed by atoms with Gasteiger partial charge in [-0.1, -0.05) is 30.4 Å². The van der Waals surface area contributed by atoms with E-state index in [1.54, 1.807) is 0 Å². The van der Waals surface area contributed by atoms with Crippen LogP contribution in [0.25, 0.3) is 0 Å². The first-order valence-corrected chi connectivity index (χ1v) is 9.22. The molecule has 2 atom stereocenters. The van der Waals surface area contributed by atoms with Crippen LogP contribution in [0, 0.1) is 11.8 Å². The van der Waals surface area contributed by atoms with E-state index in [0.717, 1.165) is 0 Å². The Morgan fingerprint density at radius 2 is 1.46 bits per heavy atom. The molecule has 0 aromatic heterocycles. The van der Waals surface area contributed by atoms with Gasteiger partial charge in [-0.3, -0.25) is 24.2 Å². The fourth-order valence-corrected chi connectivity index (χ4v) is 4.06. The van der Waals surface area contributed by atoms with E-state index in [9.17, 15) is 14.4 Å². The first-order chi connectivity index (χ1) is 12.6. The third kappa shape index (κ3) is 3.05. The summed E-state index contributed by atoms with van der Waals surface area (Å²) >= 11 is 0. The normalized spacial score (nSPS) is 26.3. The summed E-state index contributed by atoms with van der Waals surface area (Å²) in [5.74, 6) is -0.378. The molecule has 1 aromatic carbocycles. The van der Waals surface area contributed by atoms with Crippen LogP contribution >= 0.6 is 0 Å². The standard InChI is InChI=1S/C20H23N3O3/c24-18(15-6-2-1-3-7-15)22-12-10-21(11-13-22)14-23-19(25)16-8-4-5-9-17(16)20(23)26/h1-7,16-17H,8-14H2/t16-,17-/m1/s1. The number of carbonyl (C=O) groups is 3. The highest BCUT2D eigenvalue weighted by Crippen LogP contribution is 2.35. The number of hydrogen-bond acceptors (Lipinski definition) is 4. The highest BCUT2D eigenvalue weighted by atomic mass is 16.2. The van der Waals surface area contributed by atoms with E-state index >= 15 is 0 Å².